The zero-order valence-corrected chi connectivity index (χ0v) is 17.3. The topological polar surface area (TPSA) is 85.2 Å². The van der Waals surface area contributed by atoms with Crippen LogP contribution in [0.3, 0.4) is 0 Å². The Balaban J connectivity index is 2.20. The van der Waals surface area contributed by atoms with Crippen molar-refractivity contribution in [2.75, 3.05) is 21.3 Å². The van der Waals surface area contributed by atoms with Crippen LogP contribution in [0, 0.1) is 0 Å². The Kier molecular flexibility index (Phi) is 7.88. The highest BCUT2D eigenvalue weighted by molar-refractivity contribution is 7.15. The highest BCUT2D eigenvalue weighted by Gasteiger charge is 2.19. The lowest BCUT2D eigenvalue weighted by molar-refractivity contribution is 0.0953. The number of allylic oxidation sites excluding steroid dienone is 1. The van der Waals surface area contributed by atoms with Gasteiger partial charge in [-0.05, 0) is 18.6 Å². The molecule has 1 aromatic carbocycles. The number of carbonyl (C=O) groups is 1. The molecular formula is C20H24N4O3S. The van der Waals surface area contributed by atoms with Crippen LogP contribution in [-0.4, -0.2) is 44.2 Å². The molecule has 1 heterocycles. The van der Waals surface area contributed by atoms with Gasteiger partial charge in [-0.25, -0.2) is 9.98 Å². The lowest BCUT2D eigenvalue weighted by atomic mass is 10.2. The first-order valence-electron chi connectivity index (χ1n) is 8.68. The third-order valence-corrected chi connectivity index (χ3v) is 4.97. The van der Waals surface area contributed by atoms with Gasteiger partial charge in [0, 0.05) is 31.4 Å². The van der Waals surface area contributed by atoms with Crippen LogP contribution >= 0.6 is 11.3 Å². The number of aliphatic imine (C=N–C) groups is 2. The molecule has 1 aromatic heterocycles. The van der Waals surface area contributed by atoms with Crippen molar-refractivity contribution in [1.82, 2.24) is 10.3 Å². The van der Waals surface area contributed by atoms with Gasteiger partial charge in [-0.3, -0.25) is 9.79 Å². The van der Waals surface area contributed by atoms with E-state index < -0.39 is 0 Å². The van der Waals surface area contributed by atoms with Gasteiger partial charge in [0.25, 0.3) is 5.91 Å². The van der Waals surface area contributed by atoms with Gasteiger partial charge in [-0.2, -0.15) is 0 Å². The monoisotopic (exact) mass is 400 g/mol. The van der Waals surface area contributed by atoms with E-state index in [2.05, 4.69) is 26.9 Å². The molecule has 1 amide bonds. The van der Waals surface area contributed by atoms with Gasteiger partial charge in [0.1, 0.15) is 16.4 Å². The number of hydrogen-bond acceptors (Lipinski definition) is 6. The fourth-order valence-electron chi connectivity index (χ4n) is 2.45. The van der Waals surface area contributed by atoms with Crippen molar-refractivity contribution in [2.45, 2.75) is 19.9 Å². The molecule has 2 aromatic rings. The minimum absolute atomic E-state index is 0.193. The molecule has 0 radical (unpaired) electrons. The fraction of sp³-hybridized carbons (Fsp3) is 0.300. The molecule has 28 heavy (non-hydrogen) atoms. The van der Waals surface area contributed by atoms with Crippen LogP contribution in [-0.2, 0) is 13.0 Å². The number of nitrogens with one attached hydrogen (secondary N) is 1. The molecular weight excluding hydrogens is 376 g/mol. The number of amidine groups is 1. The third-order valence-electron chi connectivity index (χ3n) is 3.88. The van der Waals surface area contributed by atoms with Crippen molar-refractivity contribution in [3.63, 3.8) is 0 Å². The van der Waals surface area contributed by atoms with E-state index in [1.165, 1.54) is 11.3 Å². The Labute approximate surface area is 168 Å². The van der Waals surface area contributed by atoms with Crippen molar-refractivity contribution in [1.29, 1.82) is 0 Å². The Hall–Kier alpha value is -3.00. The molecule has 148 valence electrons. The average Bonchev–Trinajstić information content (AvgIpc) is 3.16. The van der Waals surface area contributed by atoms with E-state index in [0.717, 1.165) is 5.56 Å². The Morgan fingerprint density at radius 1 is 1.36 bits per heavy atom. The van der Waals surface area contributed by atoms with E-state index in [4.69, 9.17) is 9.47 Å². The molecule has 8 heteroatoms. The van der Waals surface area contributed by atoms with Crippen LogP contribution in [0.25, 0.3) is 0 Å². The second kappa shape index (κ2) is 10.4. The maximum atomic E-state index is 12.8. The van der Waals surface area contributed by atoms with Gasteiger partial charge >= 0.3 is 0 Å². The molecule has 0 fully saturated rings. The minimum atomic E-state index is -0.193. The van der Waals surface area contributed by atoms with Crippen LogP contribution in [0.5, 0.6) is 11.5 Å². The number of aromatic nitrogens is 1. The van der Waals surface area contributed by atoms with Crippen LogP contribution in [0.2, 0.25) is 0 Å². The number of ether oxygens (including phenoxy) is 2. The number of nitrogens with zero attached hydrogens (tertiary/aromatic N) is 3. The fourth-order valence-corrected chi connectivity index (χ4v) is 3.51. The van der Waals surface area contributed by atoms with Crippen molar-refractivity contribution in [3.05, 3.63) is 52.0 Å². The van der Waals surface area contributed by atoms with E-state index in [1.807, 2.05) is 19.1 Å². The first-order chi connectivity index (χ1) is 13.6. The van der Waals surface area contributed by atoms with Crippen LogP contribution < -0.4 is 14.8 Å². The molecule has 0 saturated heterocycles. The summed E-state index contributed by atoms with van der Waals surface area (Å²) in [7, 11) is 4.81. The van der Waals surface area contributed by atoms with Crippen LogP contribution in [0.1, 0.15) is 32.9 Å². The second-order valence-corrected chi connectivity index (χ2v) is 6.57. The zero-order chi connectivity index (χ0) is 20.5. The van der Waals surface area contributed by atoms with Gasteiger partial charge in [0.15, 0.2) is 10.8 Å². The van der Waals surface area contributed by atoms with Gasteiger partial charge in [-0.15, -0.1) is 11.3 Å². The lowest BCUT2D eigenvalue weighted by Crippen LogP contribution is -2.23. The SMILES string of the molecule is C=CC=NC(=NC)c1nc(CC)c(C(=O)NCc2ccc(OC)cc2OC)s1. The molecule has 0 aliphatic carbocycles. The van der Waals surface area contributed by atoms with Gasteiger partial charge in [-0.1, -0.05) is 19.6 Å². The van der Waals surface area contributed by atoms with Crippen molar-refractivity contribution in [3.8, 4) is 11.5 Å². The molecule has 0 saturated carbocycles. The van der Waals surface area contributed by atoms with E-state index in [1.54, 1.807) is 39.6 Å². The van der Waals surface area contributed by atoms with Crippen molar-refractivity contribution < 1.29 is 14.3 Å². The van der Waals surface area contributed by atoms with Crippen LogP contribution in [0.4, 0.5) is 0 Å². The van der Waals surface area contributed by atoms with E-state index in [0.29, 0.717) is 45.9 Å². The predicted octanol–water partition coefficient (Wildman–Crippen LogP) is 3.29. The smallest absolute Gasteiger partial charge is 0.263 e. The zero-order valence-electron chi connectivity index (χ0n) is 16.5. The molecule has 0 spiro atoms. The number of carbonyl (C=O) groups excluding carboxylic acids is 1. The molecule has 2 rings (SSSR count). The quantitative estimate of drug-likeness (QED) is 0.544. The maximum absolute atomic E-state index is 12.8. The molecule has 0 aliphatic rings. The van der Waals surface area contributed by atoms with E-state index >= 15 is 0 Å². The highest BCUT2D eigenvalue weighted by atomic mass is 32.1. The molecule has 7 nitrogen and oxygen atoms in total. The Bertz CT molecular complexity index is 903. The molecule has 0 aliphatic heterocycles. The van der Waals surface area contributed by atoms with Crippen molar-refractivity contribution >= 4 is 29.3 Å². The van der Waals surface area contributed by atoms with Gasteiger partial charge < -0.3 is 14.8 Å². The maximum Gasteiger partial charge on any atom is 0.263 e. The molecule has 1 N–H and O–H groups in total. The Morgan fingerprint density at radius 3 is 2.75 bits per heavy atom. The predicted molar refractivity (Wildman–Crippen MR) is 113 cm³/mol. The Morgan fingerprint density at radius 2 is 2.14 bits per heavy atom. The number of methoxy groups -OCH3 is 2. The first kappa shape index (κ1) is 21.3. The molecule has 0 bridgehead atoms. The summed E-state index contributed by atoms with van der Waals surface area (Å²) in [5, 5.41) is 3.53. The average molecular weight is 401 g/mol. The summed E-state index contributed by atoms with van der Waals surface area (Å²) in [5.41, 5.74) is 1.57. The molecule has 0 unspecified atom stereocenters. The highest BCUT2D eigenvalue weighted by Crippen LogP contribution is 2.25. The summed E-state index contributed by atoms with van der Waals surface area (Å²) in [6.07, 6.45) is 3.74. The van der Waals surface area contributed by atoms with E-state index in [9.17, 15) is 4.79 Å². The summed E-state index contributed by atoms with van der Waals surface area (Å²) >= 11 is 1.27. The summed E-state index contributed by atoms with van der Waals surface area (Å²) < 4.78 is 10.6. The van der Waals surface area contributed by atoms with Gasteiger partial charge in [0.2, 0.25) is 0 Å². The number of rotatable bonds is 8. The van der Waals surface area contributed by atoms with E-state index in [-0.39, 0.29) is 5.91 Å². The summed E-state index contributed by atoms with van der Waals surface area (Å²) in [5.74, 6) is 1.62. The number of amides is 1. The normalized spacial score (nSPS) is 11.5. The van der Waals surface area contributed by atoms with Crippen LogP contribution in [0.15, 0.2) is 40.8 Å². The number of thiazole rings is 1. The largest absolute Gasteiger partial charge is 0.497 e. The molecule has 0 atom stereocenters. The minimum Gasteiger partial charge on any atom is -0.497 e. The summed E-state index contributed by atoms with van der Waals surface area (Å²) in [6.45, 7) is 5.88. The first-order valence-corrected chi connectivity index (χ1v) is 9.50. The second-order valence-electron chi connectivity index (χ2n) is 5.57. The van der Waals surface area contributed by atoms with Gasteiger partial charge in [0.05, 0.1) is 19.9 Å². The third kappa shape index (κ3) is 5.04. The lowest BCUT2D eigenvalue weighted by Gasteiger charge is -2.11. The summed E-state index contributed by atoms with van der Waals surface area (Å²) in [4.78, 5) is 26.2. The number of aryl methyl sites for hydroxylation is 1. The summed E-state index contributed by atoms with van der Waals surface area (Å²) in [6, 6.07) is 5.47. The number of benzene rings is 1. The number of hydrogen-bond donors (Lipinski definition) is 1. The van der Waals surface area contributed by atoms with Crippen molar-refractivity contribution in [2.24, 2.45) is 9.98 Å². The standard InChI is InChI=1S/C20H24N4O3S/c1-6-10-22-18(21-3)20-24-15(7-2)17(28-20)19(25)23-12-13-8-9-14(26-4)11-16(13)27-5/h6,8-11H,1,7,12H2,2-5H3,(H,23,25).